The first-order chi connectivity index (χ1) is 27.1. The highest BCUT2D eigenvalue weighted by Gasteiger charge is 2.31. The smallest absolute Gasteiger partial charge is 0.362 e. The Labute approximate surface area is 342 Å². The number of nitrogens with zero attached hydrogens (tertiary/aromatic N) is 1. The third-order valence-corrected chi connectivity index (χ3v) is 9.06. The highest BCUT2D eigenvalue weighted by Crippen LogP contribution is 2.12. The number of allylic oxidation sites excluding steroid dienone is 14. The van der Waals surface area contributed by atoms with Crippen LogP contribution in [0.1, 0.15) is 149 Å². The molecule has 56 heavy (non-hydrogen) atoms. The van der Waals surface area contributed by atoms with Gasteiger partial charge < -0.3 is 23.8 Å². The zero-order valence-electron chi connectivity index (χ0n) is 36.1. The molecule has 0 aliphatic rings. The fourth-order valence-electron chi connectivity index (χ4n) is 5.70. The number of hydrogen-bond donors (Lipinski definition) is 1. The number of carbonyl (C=O) groups is 3. The molecule has 318 valence electrons. The number of aliphatic carboxylic acids is 1. The molecule has 8 nitrogen and oxygen atoms in total. The van der Waals surface area contributed by atoms with Crippen molar-refractivity contribution in [2.45, 2.75) is 161 Å². The normalized spacial score (nSPS) is 13.8. The van der Waals surface area contributed by atoms with Gasteiger partial charge in [0, 0.05) is 19.3 Å². The summed E-state index contributed by atoms with van der Waals surface area (Å²) in [6.07, 6.45) is 49.1. The van der Waals surface area contributed by atoms with Crippen LogP contribution in [0.5, 0.6) is 0 Å². The molecule has 1 N–H and O–H groups in total. The van der Waals surface area contributed by atoms with E-state index in [2.05, 4.69) is 98.9 Å². The Morgan fingerprint density at radius 1 is 0.571 bits per heavy atom. The minimum Gasteiger partial charge on any atom is -0.477 e. The Balaban J connectivity index is 4.50. The Hall–Kier alpha value is -3.49. The number of quaternary nitrogens is 1. The number of ether oxygens (including phenoxy) is 3. The molecular weight excluding hydrogens is 703 g/mol. The third-order valence-electron chi connectivity index (χ3n) is 9.06. The van der Waals surface area contributed by atoms with Crippen molar-refractivity contribution in [2.75, 3.05) is 41.0 Å². The topological polar surface area (TPSA) is 99.1 Å². The fraction of sp³-hybridized carbons (Fsp3) is 0.646. The van der Waals surface area contributed by atoms with Gasteiger partial charge in [-0.3, -0.25) is 9.59 Å². The van der Waals surface area contributed by atoms with E-state index < -0.39 is 18.1 Å². The molecule has 0 radical (unpaired) electrons. The molecule has 0 bridgehead atoms. The highest BCUT2D eigenvalue weighted by atomic mass is 16.6. The first kappa shape index (κ1) is 52.5. The van der Waals surface area contributed by atoms with Crippen LogP contribution in [0.4, 0.5) is 0 Å². The number of rotatable bonds is 37. The molecule has 8 heteroatoms. The van der Waals surface area contributed by atoms with Crippen molar-refractivity contribution in [3.63, 3.8) is 0 Å². The van der Waals surface area contributed by atoms with Crippen LogP contribution in [0.15, 0.2) is 85.1 Å². The summed E-state index contributed by atoms with van der Waals surface area (Å²) in [7, 11) is 5.49. The first-order valence-electron chi connectivity index (χ1n) is 21.6. The Morgan fingerprint density at radius 3 is 1.62 bits per heavy atom. The van der Waals surface area contributed by atoms with E-state index in [0.29, 0.717) is 19.3 Å². The molecule has 0 aromatic heterocycles. The minimum atomic E-state index is -0.890. The Morgan fingerprint density at radius 2 is 1.07 bits per heavy atom. The van der Waals surface area contributed by atoms with E-state index in [0.717, 1.165) is 77.0 Å². The molecule has 0 aliphatic heterocycles. The van der Waals surface area contributed by atoms with Crippen molar-refractivity contribution in [1.29, 1.82) is 0 Å². The van der Waals surface area contributed by atoms with Gasteiger partial charge in [-0.25, -0.2) is 4.79 Å². The number of likely N-dealkylation sites (N-methyl/N-ethyl adjacent to an activating group) is 1. The monoisotopic (exact) mass is 783 g/mol. The average Bonchev–Trinajstić information content (AvgIpc) is 3.15. The fourth-order valence-corrected chi connectivity index (χ4v) is 5.70. The summed E-state index contributed by atoms with van der Waals surface area (Å²) < 4.78 is 17.2. The summed E-state index contributed by atoms with van der Waals surface area (Å²) in [5.74, 6) is -1.57. The standard InChI is InChI=1S/C48H79NO7/c1-6-8-10-12-14-16-18-20-22-23-25-27-29-31-33-35-37-39-47(51)56-44(42-54-41-40-45(48(52)53)49(3,4)5)43-55-46(50)38-36-34-32-30-28-26-24-21-19-17-15-13-11-9-7-2/h8,10,14-17,19-22,25,27,31,33,44-45H,6-7,9,11-13,18,23-24,26,28-30,32,34-43H2,1-5H3/p+1/b10-8+,16-14+,17-15+,21-19+,22-20+,27-25+,33-31+. The van der Waals surface area contributed by atoms with E-state index in [9.17, 15) is 19.5 Å². The molecule has 2 unspecified atom stereocenters. The molecule has 0 saturated carbocycles. The summed E-state index contributed by atoms with van der Waals surface area (Å²) in [5.41, 5.74) is 0. The maximum absolute atomic E-state index is 12.7. The number of hydrogen-bond acceptors (Lipinski definition) is 6. The zero-order chi connectivity index (χ0) is 41.4. The molecule has 0 fully saturated rings. The van der Waals surface area contributed by atoms with Crippen molar-refractivity contribution in [1.82, 2.24) is 0 Å². The summed E-state index contributed by atoms with van der Waals surface area (Å²) in [5, 5.41) is 9.61. The van der Waals surface area contributed by atoms with Crippen LogP contribution in [-0.2, 0) is 28.6 Å². The molecule has 0 saturated heterocycles. The average molecular weight is 783 g/mol. The largest absolute Gasteiger partial charge is 0.477 e. The molecule has 0 amide bonds. The van der Waals surface area contributed by atoms with Crippen LogP contribution >= 0.6 is 0 Å². The quantitative estimate of drug-likeness (QED) is 0.0220. The lowest BCUT2D eigenvalue weighted by Crippen LogP contribution is -2.50. The van der Waals surface area contributed by atoms with Crippen molar-refractivity contribution in [2.24, 2.45) is 0 Å². The van der Waals surface area contributed by atoms with Gasteiger partial charge in [0.1, 0.15) is 6.61 Å². The SMILES string of the molecule is CC/C=C/C/C=C/C/C=C/C/C=C/C/C=C/CCCC(=O)OC(COCCC(C(=O)O)[N+](C)(C)C)COC(=O)CCCCCCCC/C=C/C=C/CCCCC. The molecule has 0 spiro atoms. The van der Waals surface area contributed by atoms with Gasteiger partial charge in [0.25, 0.3) is 0 Å². The molecule has 0 aromatic carbocycles. The number of unbranched alkanes of at least 4 members (excludes halogenated alkanes) is 10. The maximum atomic E-state index is 12.7. The summed E-state index contributed by atoms with van der Waals surface area (Å²) in [4.78, 5) is 36.9. The second kappa shape index (κ2) is 38.4. The van der Waals surface area contributed by atoms with Crippen molar-refractivity contribution in [3.8, 4) is 0 Å². The van der Waals surface area contributed by atoms with Crippen LogP contribution in [0.25, 0.3) is 0 Å². The number of carbonyl (C=O) groups excluding carboxylic acids is 2. The Kier molecular flexibility index (Phi) is 36.0. The summed E-state index contributed by atoms with van der Waals surface area (Å²) in [6.45, 7) is 4.50. The maximum Gasteiger partial charge on any atom is 0.362 e. The van der Waals surface area contributed by atoms with E-state index in [4.69, 9.17) is 14.2 Å². The molecule has 0 aliphatic carbocycles. The summed E-state index contributed by atoms with van der Waals surface area (Å²) >= 11 is 0. The van der Waals surface area contributed by atoms with Gasteiger partial charge in [-0.1, -0.05) is 137 Å². The van der Waals surface area contributed by atoms with E-state index in [-0.39, 0.29) is 42.7 Å². The van der Waals surface area contributed by atoms with Crippen molar-refractivity contribution < 1.29 is 38.2 Å². The van der Waals surface area contributed by atoms with E-state index >= 15 is 0 Å². The van der Waals surface area contributed by atoms with Gasteiger partial charge in [0.05, 0.1) is 34.4 Å². The lowest BCUT2D eigenvalue weighted by atomic mass is 10.1. The van der Waals surface area contributed by atoms with Crippen LogP contribution < -0.4 is 0 Å². The summed E-state index contributed by atoms with van der Waals surface area (Å²) in [6, 6.07) is -0.631. The van der Waals surface area contributed by atoms with Crippen LogP contribution in [0.2, 0.25) is 0 Å². The van der Waals surface area contributed by atoms with E-state index in [1.54, 1.807) is 0 Å². The predicted molar refractivity (Wildman–Crippen MR) is 233 cm³/mol. The van der Waals surface area contributed by atoms with Gasteiger partial charge in [-0.15, -0.1) is 0 Å². The van der Waals surface area contributed by atoms with Gasteiger partial charge >= 0.3 is 17.9 Å². The number of carboxylic acid groups (broad SMARTS) is 1. The first-order valence-corrected chi connectivity index (χ1v) is 21.6. The third kappa shape index (κ3) is 36.2. The van der Waals surface area contributed by atoms with Gasteiger partial charge in [-0.2, -0.15) is 0 Å². The molecular formula is C48H80NO7+. The molecule has 0 heterocycles. The molecule has 0 rings (SSSR count). The number of carboxylic acids is 1. The Bertz CT molecular complexity index is 1190. The lowest BCUT2D eigenvalue weighted by molar-refractivity contribution is -0.887. The second-order valence-electron chi connectivity index (χ2n) is 15.2. The molecule has 2 atom stereocenters. The van der Waals surface area contributed by atoms with E-state index in [1.165, 1.54) is 32.1 Å². The number of esters is 2. The minimum absolute atomic E-state index is 0.0295. The zero-order valence-corrected chi connectivity index (χ0v) is 36.1. The van der Waals surface area contributed by atoms with Crippen LogP contribution in [-0.4, -0.2) is 80.6 Å². The lowest BCUT2D eigenvalue weighted by Gasteiger charge is -2.31. The van der Waals surface area contributed by atoms with E-state index in [1.807, 2.05) is 21.1 Å². The highest BCUT2D eigenvalue weighted by molar-refractivity contribution is 5.72. The van der Waals surface area contributed by atoms with Crippen LogP contribution in [0, 0.1) is 0 Å². The van der Waals surface area contributed by atoms with Gasteiger partial charge in [0.15, 0.2) is 12.1 Å². The second-order valence-corrected chi connectivity index (χ2v) is 15.2. The van der Waals surface area contributed by atoms with Gasteiger partial charge in [-0.05, 0) is 77.0 Å². The van der Waals surface area contributed by atoms with Crippen molar-refractivity contribution >= 4 is 17.9 Å². The van der Waals surface area contributed by atoms with Gasteiger partial charge in [0.2, 0.25) is 0 Å². The molecule has 0 aromatic rings. The van der Waals surface area contributed by atoms with Crippen molar-refractivity contribution in [3.05, 3.63) is 85.1 Å². The predicted octanol–water partition coefficient (Wildman–Crippen LogP) is 11.7. The van der Waals surface area contributed by atoms with Crippen LogP contribution in [0.3, 0.4) is 0 Å².